The molecule has 132 valence electrons. The summed E-state index contributed by atoms with van der Waals surface area (Å²) in [6.45, 7) is 1.97. The molecule has 2 N–H and O–H groups in total. The molecule has 6 nitrogen and oxygen atoms in total. The third kappa shape index (κ3) is 4.16. The number of imide groups is 1. The van der Waals surface area contributed by atoms with Crippen LogP contribution >= 0.6 is 11.3 Å². The molecule has 1 aliphatic carbocycles. The monoisotopic (exact) mass is 358 g/mol. The molecule has 25 heavy (non-hydrogen) atoms. The highest BCUT2D eigenvalue weighted by Crippen LogP contribution is 2.32. The third-order valence-electron chi connectivity index (χ3n) is 4.70. The summed E-state index contributed by atoms with van der Waals surface area (Å²) in [6, 6.07) is 8.08. The maximum absolute atomic E-state index is 12.1. The van der Waals surface area contributed by atoms with Gasteiger partial charge in [0.2, 0.25) is 5.91 Å². The van der Waals surface area contributed by atoms with E-state index in [9.17, 15) is 9.59 Å². The summed E-state index contributed by atoms with van der Waals surface area (Å²) in [7, 11) is 0. The Morgan fingerprint density at radius 1 is 1.24 bits per heavy atom. The van der Waals surface area contributed by atoms with Crippen molar-refractivity contribution in [3.05, 3.63) is 29.3 Å². The predicted molar refractivity (Wildman–Crippen MR) is 97.7 cm³/mol. The van der Waals surface area contributed by atoms with Gasteiger partial charge in [-0.15, -0.1) is 11.3 Å². The number of rotatable bonds is 4. The first-order chi connectivity index (χ1) is 12.2. The van der Waals surface area contributed by atoms with E-state index in [1.807, 2.05) is 18.2 Å². The van der Waals surface area contributed by atoms with Gasteiger partial charge < -0.3 is 5.32 Å². The fourth-order valence-corrected chi connectivity index (χ4v) is 4.38. The summed E-state index contributed by atoms with van der Waals surface area (Å²) >= 11 is 1.75. The van der Waals surface area contributed by atoms with Crippen LogP contribution < -0.4 is 10.6 Å². The number of carbonyl (C=O) groups is 2. The molecule has 2 aromatic rings. The van der Waals surface area contributed by atoms with Gasteiger partial charge in [-0.25, -0.2) is 9.78 Å². The minimum absolute atomic E-state index is 0.233. The van der Waals surface area contributed by atoms with Gasteiger partial charge in [-0.2, -0.15) is 0 Å². The number of hydrogen-bond acceptors (Lipinski definition) is 5. The van der Waals surface area contributed by atoms with Crippen molar-refractivity contribution in [2.75, 3.05) is 19.6 Å². The van der Waals surface area contributed by atoms with E-state index in [1.54, 1.807) is 11.3 Å². The van der Waals surface area contributed by atoms with E-state index in [-0.39, 0.29) is 24.5 Å². The van der Waals surface area contributed by atoms with Gasteiger partial charge in [0.1, 0.15) is 0 Å². The molecule has 2 heterocycles. The first kappa shape index (κ1) is 16.5. The number of nitrogens with zero attached hydrogens (tertiary/aromatic N) is 2. The molecule has 1 aromatic heterocycles. The van der Waals surface area contributed by atoms with Crippen LogP contribution in [0, 0.1) is 0 Å². The number of urea groups is 1. The van der Waals surface area contributed by atoms with Crippen LogP contribution in [0.2, 0.25) is 0 Å². The highest BCUT2D eigenvalue weighted by Gasteiger charge is 2.27. The first-order valence-electron chi connectivity index (χ1n) is 8.85. The number of benzene rings is 1. The number of aromatic nitrogens is 1. The van der Waals surface area contributed by atoms with Crippen LogP contribution in [0.3, 0.4) is 0 Å². The number of para-hydroxylation sites is 1. The van der Waals surface area contributed by atoms with Crippen LogP contribution in [-0.2, 0) is 4.79 Å². The molecular formula is C18H22N4O2S. The molecule has 3 amide bonds. The van der Waals surface area contributed by atoms with E-state index < -0.39 is 0 Å². The van der Waals surface area contributed by atoms with Gasteiger partial charge in [-0.05, 0) is 44.4 Å². The standard InChI is InChI=1S/C18H22N4O2S/c23-16(21-18(24)19-13-7-8-13)11-22-9-3-4-12(10-22)17-20-14-5-1-2-6-15(14)25-17/h1-2,5-6,12-13H,3-4,7-11H2,(H2,19,21,23,24)/t12-/m0/s1. The molecule has 7 heteroatoms. The molecule has 1 saturated carbocycles. The Balaban J connectivity index is 1.33. The zero-order valence-electron chi connectivity index (χ0n) is 14.0. The molecule has 1 aromatic carbocycles. The summed E-state index contributed by atoms with van der Waals surface area (Å²) < 4.78 is 1.21. The van der Waals surface area contributed by atoms with Crippen molar-refractivity contribution in [2.24, 2.45) is 0 Å². The molecular weight excluding hydrogens is 336 g/mol. The van der Waals surface area contributed by atoms with Crippen molar-refractivity contribution in [3.63, 3.8) is 0 Å². The summed E-state index contributed by atoms with van der Waals surface area (Å²) in [5, 5.41) is 6.36. The average Bonchev–Trinajstić information content (AvgIpc) is 3.29. The van der Waals surface area contributed by atoms with E-state index in [4.69, 9.17) is 4.98 Å². The van der Waals surface area contributed by atoms with Gasteiger partial charge in [-0.3, -0.25) is 15.0 Å². The van der Waals surface area contributed by atoms with Gasteiger partial charge >= 0.3 is 6.03 Å². The van der Waals surface area contributed by atoms with Gasteiger partial charge in [0.15, 0.2) is 0 Å². The van der Waals surface area contributed by atoms with Crippen LogP contribution in [0.15, 0.2) is 24.3 Å². The van der Waals surface area contributed by atoms with Crippen molar-refractivity contribution in [1.82, 2.24) is 20.5 Å². The average molecular weight is 358 g/mol. The number of amides is 3. The molecule has 1 atom stereocenters. The van der Waals surface area contributed by atoms with E-state index in [1.165, 1.54) is 4.70 Å². The van der Waals surface area contributed by atoms with Gasteiger partial charge in [-0.1, -0.05) is 12.1 Å². The molecule has 1 saturated heterocycles. The second-order valence-electron chi connectivity index (χ2n) is 6.89. The van der Waals surface area contributed by atoms with E-state index in [0.717, 1.165) is 49.3 Å². The van der Waals surface area contributed by atoms with Gasteiger partial charge in [0.25, 0.3) is 0 Å². The first-order valence-corrected chi connectivity index (χ1v) is 9.67. The highest BCUT2D eigenvalue weighted by molar-refractivity contribution is 7.18. The Morgan fingerprint density at radius 2 is 2.08 bits per heavy atom. The summed E-state index contributed by atoms with van der Waals surface area (Å²) in [5.74, 6) is 0.127. The van der Waals surface area contributed by atoms with E-state index >= 15 is 0 Å². The van der Waals surface area contributed by atoms with Crippen molar-refractivity contribution >= 4 is 33.5 Å². The van der Waals surface area contributed by atoms with Crippen molar-refractivity contribution in [2.45, 2.75) is 37.6 Å². The van der Waals surface area contributed by atoms with Crippen LogP contribution in [0.4, 0.5) is 4.79 Å². The second-order valence-corrected chi connectivity index (χ2v) is 7.95. The van der Waals surface area contributed by atoms with Gasteiger partial charge in [0.05, 0.1) is 21.8 Å². The minimum Gasteiger partial charge on any atom is -0.335 e. The molecule has 4 rings (SSSR count). The molecule has 2 fully saturated rings. The molecule has 0 radical (unpaired) electrons. The Labute approximate surface area is 150 Å². The lowest BCUT2D eigenvalue weighted by molar-refractivity contribution is -0.121. The Bertz CT molecular complexity index is 753. The number of nitrogens with one attached hydrogen (secondary N) is 2. The third-order valence-corrected chi connectivity index (χ3v) is 5.90. The van der Waals surface area contributed by atoms with Crippen molar-refractivity contribution < 1.29 is 9.59 Å². The van der Waals surface area contributed by atoms with Crippen LogP contribution in [-0.4, -0.2) is 47.5 Å². The zero-order valence-corrected chi connectivity index (χ0v) is 14.8. The minimum atomic E-state index is -0.368. The second kappa shape index (κ2) is 7.09. The van der Waals surface area contributed by atoms with Crippen molar-refractivity contribution in [3.8, 4) is 0 Å². The highest BCUT2D eigenvalue weighted by atomic mass is 32.1. The lowest BCUT2D eigenvalue weighted by atomic mass is 9.99. The maximum Gasteiger partial charge on any atom is 0.321 e. The SMILES string of the molecule is O=C(CN1CCC[C@H](c2nc3ccccc3s2)C1)NC(=O)NC1CC1. The molecule has 1 aliphatic heterocycles. The zero-order chi connectivity index (χ0) is 17.2. The quantitative estimate of drug-likeness (QED) is 0.880. The Hall–Kier alpha value is -1.99. The fraction of sp³-hybridized carbons (Fsp3) is 0.500. The van der Waals surface area contributed by atoms with Crippen LogP contribution in [0.5, 0.6) is 0 Å². The summed E-state index contributed by atoms with van der Waals surface area (Å²) in [4.78, 5) is 30.6. The lowest BCUT2D eigenvalue weighted by Gasteiger charge is -2.31. The molecule has 2 aliphatic rings. The largest absolute Gasteiger partial charge is 0.335 e. The molecule has 0 spiro atoms. The number of hydrogen-bond donors (Lipinski definition) is 2. The summed E-state index contributed by atoms with van der Waals surface area (Å²) in [5.41, 5.74) is 1.05. The lowest BCUT2D eigenvalue weighted by Crippen LogP contribution is -2.46. The van der Waals surface area contributed by atoms with Crippen LogP contribution in [0.1, 0.15) is 36.6 Å². The number of carbonyl (C=O) groups excluding carboxylic acids is 2. The normalized spacial score (nSPS) is 21.2. The topological polar surface area (TPSA) is 74.3 Å². The number of fused-ring (bicyclic) bond motifs is 1. The van der Waals surface area contributed by atoms with E-state index in [2.05, 4.69) is 21.6 Å². The maximum atomic E-state index is 12.1. The van der Waals surface area contributed by atoms with E-state index in [0.29, 0.717) is 5.92 Å². The van der Waals surface area contributed by atoms with Gasteiger partial charge in [0, 0.05) is 18.5 Å². The number of piperidine rings is 1. The molecule has 0 bridgehead atoms. The Morgan fingerprint density at radius 3 is 2.88 bits per heavy atom. The smallest absolute Gasteiger partial charge is 0.321 e. The fourth-order valence-electron chi connectivity index (χ4n) is 3.28. The van der Waals surface area contributed by atoms with Crippen LogP contribution in [0.25, 0.3) is 10.2 Å². The number of thiazole rings is 1. The summed E-state index contributed by atoms with van der Waals surface area (Å²) in [6.07, 6.45) is 4.16. The Kier molecular flexibility index (Phi) is 4.67. The van der Waals surface area contributed by atoms with Crippen molar-refractivity contribution in [1.29, 1.82) is 0 Å². The number of likely N-dealkylation sites (tertiary alicyclic amines) is 1. The predicted octanol–water partition coefficient (Wildman–Crippen LogP) is 2.46. The molecule has 0 unspecified atom stereocenters.